The topological polar surface area (TPSA) is 55.1 Å². The summed E-state index contributed by atoms with van der Waals surface area (Å²) in [6.45, 7) is 0. The van der Waals surface area contributed by atoms with E-state index in [0.29, 0.717) is 16.1 Å². The largest absolute Gasteiger partial charge is 0.368 e. The molecule has 1 unspecified atom stereocenters. The first kappa shape index (κ1) is 11.5. The van der Waals surface area contributed by atoms with E-state index in [1.807, 2.05) is 0 Å². The molecule has 0 aromatic heterocycles. The zero-order valence-electron chi connectivity index (χ0n) is 8.54. The molecule has 0 heterocycles. The third kappa shape index (κ3) is 2.59. The monoisotopic (exact) mass is 286 g/mol. The van der Waals surface area contributed by atoms with Gasteiger partial charge in [0.05, 0.1) is 4.47 Å². The number of halogens is 2. The van der Waals surface area contributed by atoms with Gasteiger partial charge in [-0.15, -0.1) is 0 Å². The normalized spacial score (nSPS) is 17.1. The second-order valence-corrected chi connectivity index (χ2v) is 4.80. The fourth-order valence-electron chi connectivity index (χ4n) is 1.52. The van der Waals surface area contributed by atoms with Gasteiger partial charge in [0.1, 0.15) is 11.9 Å². The first-order valence-electron chi connectivity index (χ1n) is 5.08. The number of amides is 1. The molecule has 3 nitrogen and oxygen atoms in total. The van der Waals surface area contributed by atoms with Gasteiger partial charge in [-0.2, -0.15) is 0 Å². The van der Waals surface area contributed by atoms with Gasteiger partial charge in [0, 0.05) is 6.04 Å². The van der Waals surface area contributed by atoms with Gasteiger partial charge in [-0.3, -0.25) is 10.1 Å². The van der Waals surface area contributed by atoms with Crippen molar-refractivity contribution >= 4 is 21.8 Å². The van der Waals surface area contributed by atoms with Crippen molar-refractivity contribution in [2.45, 2.75) is 24.9 Å². The predicted octanol–water partition coefficient (Wildman–Crippen LogP) is 1.87. The molecule has 1 saturated carbocycles. The highest BCUT2D eigenvalue weighted by Gasteiger charge is 2.28. The van der Waals surface area contributed by atoms with Crippen LogP contribution in [0, 0.1) is 5.82 Å². The van der Waals surface area contributed by atoms with Crippen LogP contribution in [0.1, 0.15) is 24.4 Å². The molecule has 0 aliphatic heterocycles. The minimum atomic E-state index is -0.538. The second kappa shape index (κ2) is 4.51. The molecule has 86 valence electrons. The molecule has 0 radical (unpaired) electrons. The molecule has 0 saturated heterocycles. The summed E-state index contributed by atoms with van der Waals surface area (Å²) in [5, 5.41) is 3.14. The minimum Gasteiger partial charge on any atom is -0.368 e. The number of carbonyl (C=O) groups excluding carboxylic acids is 1. The lowest BCUT2D eigenvalue weighted by Crippen LogP contribution is -2.34. The lowest BCUT2D eigenvalue weighted by atomic mass is 10.1. The van der Waals surface area contributed by atoms with Crippen LogP contribution in [-0.4, -0.2) is 11.9 Å². The summed E-state index contributed by atoms with van der Waals surface area (Å²) in [6, 6.07) is 4.31. The van der Waals surface area contributed by atoms with Crippen LogP contribution in [0.4, 0.5) is 4.39 Å². The smallest absolute Gasteiger partial charge is 0.239 e. The molecular formula is C11H12BrFN2O. The Bertz CT molecular complexity index is 420. The van der Waals surface area contributed by atoms with E-state index >= 15 is 0 Å². The molecule has 1 aromatic carbocycles. The fraction of sp³-hybridized carbons (Fsp3) is 0.364. The third-order valence-corrected chi connectivity index (χ3v) is 3.15. The van der Waals surface area contributed by atoms with E-state index < -0.39 is 11.9 Å². The van der Waals surface area contributed by atoms with Crippen molar-refractivity contribution in [1.29, 1.82) is 0 Å². The van der Waals surface area contributed by atoms with Crippen LogP contribution in [0.3, 0.4) is 0 Å². The van der Waals surface area contributed by atoms with Gasteiger partial charge in [-0.05, 0) is 46.5 Å². The van der Waals surface area contributed by atoms with Gasteiger partial charge >= 0.3 is 0 Å². The quantitative estimate of drug-likeness (QED) is 0.888. The first-order chi connectivity index (χ1) is 7.58. The van der Waals surface area contributed by atoms with Gasteiger partial charge < -0.3 is 5.73 Å². The van der Waals surface area contributed by atoms with Crippen LogP contribution in [0.5, 0.6) is 0 Å². The number of carbonyl (C=O) groups is 1. The fourth-order valence-corrected chi connectivity index (χ4v) is 1.92. The minimum absolute atomic E-state index is 0.342. The van der Waals surface area contributed by atoms with Crippen LogP contribution in [0.25, 0.3) is 0 Å². The van der Waals surface area contributed by atoms with Crippen molar-refractivity contribution in [2.75, 3.05) is 0 Å². The molecule has 1 aliphatic carbocycles. The van der Waals surface area contributed by atoms with Gasteiger partial charge in [0.2, 0.25) is 5.91 Å². The van der Waals surface area contributed by atoms with Crippen LogP contribution in [0.15, 0.2) is 22.7 Å². The Balaban J connectivity index is 2.22. The lowest BCUT2D eigenvalue weighted by Gasteiger charge is -2.15. The second-order valence-electron chi connectivity index (χ2n) is 3.95. The third-order valence-electron chi connectivity index (χ3n) is 2.54. The number of hydrogen-bond acceptors (Lipinski definition) is 2. The van der Waals surface area contributed by atoms with Crippen LogP contribution in [0.2, 0.25) is 0 Å². The molecule has 16 heavy (non-hydrogen) atoms. The highest BCUT2D eigenvalue weighted by Crippen LogP contribution is 2.26. The average Bonchev–Trinajstić information content (AvgIpc) is 3.02. The average molecular weight is 287 g/mol. The van der Waals surface area contributed by atoms with Crippen molar-refractivity contribution in [3.05, 3.63) is 34.1 Å². The Morgan fingerprint density at radius 3 is 2.75 bits per heavy atom. The van der Waals surface area contributed by atoms with E-state index in [1.54, 1.807) is 12.1 Å². The summed E-state index contributed by atoms with van der Waals surface area (Å²) >= 11 is 3.09. The predicted molar refractivity (Wildman–Crippen MR) is 62.2 cm³/mol. The highest BCUT2D eigenvalue weighted by molar-refractivity contribution is 9.10. The molecule has 5 heteroatoms. The zero-order valence-corrected chi connectivity index (χ0v) is 10.1. The molecule has 1 aromatic rings. The SMILES string of the molecule is NC(=O)C(NC1CC1)c1ccc(F)c(Br)c1. The number of nitrogens with one attached hydrogen (secondary N) is 1. The maximum Gasteiger partial charge on any atom is 0.239 e. The molecule has 3 N–H and O–H groups in total. The summed E-state index contributed by atoms with van der Waals surface area (Å²) in [5.74, 6) is -0.788. The molecule has 2 rings (SSSR count). The van der Waals surface area contributed by atoms with E-state index in [-0.39, 0.29) is 5.82 Å². The standard InChI is InChI=1S/C11H12BrFN2O/c12-8-5-6(1-4-9(8)13)10(11(14)16)15-7-2-3-7/h1,4-5,7,10,15H,2-3H2,(H2,14,16). The molecule has 1 aliphatic rings. The Morgan fingerprint density at radius 2 is 2.25 bits per heavy atom. The maximum atomic E-state index is 13.1. The number of rotatable bonds is 4. The molecule has 1 fully saturated rings. The van der Waals surface area contributed by atoms with Gasteiger partial charge in [0.25, 0.3) is 0 Å². The molecule has 1 amide bonds. The number of nitrogens with two attached hydrogens (primary N) is 1. The van der Waals surface area contributed by atoms with Gasteiger partial charge in [-0.25, -0.2) is 4.39 Å². The van der Waals surface area contributed by atoms with Crippen molar-refractivity contribution in [3.63, 3.8) is 0 Å². The van der Waals surface area contributed by atoms with Gasteiger partial charge in [-0.1, -0.05) is 6.07 Å². The molecule has 1 atom stereocenters. The zero-order chi connectivity index (χ0) is 11.7. The van der Waals surface area contributed by atoms with Crippen LogP contribution >= 0.6 is 15.9 Å². The summed E-state index contributed by atoms with van der Waals surface area (Å²) in [4.78, 5) is 11.3. The van der Waals surface area contributed by atoms with Crippen molar-refractivity contribution in [3.8, 4) is 0 Å². The number of benzene rings is 1. The van der Waals surface area contributed by atoms with E-state index in [0.717, 1.165) is 12.8 Å². The Morgan fingerprint density at radius 1 is 1.56 bits per heavy atom. The number of hydrogen-bond donors (Lipinski definition) is 2. The highest BCUT2D eigenvalue weighted by atomic mass is 79.9. The van der Waals surface area contributed by atoms with E-state index in [1.165, 1.54) is 6.07 Å². The van der Waals surface area contributed by atoms with E-state index in [4.69, 9.17) is 5.73 Å². The summed E-state index contributed by atoms with van der Waals surface area (Å²) in [7, 11) is 0. The Kier molecular flexibility index (Phi) is 3.25. The molecular weight excluding hydrogens is 275 g/mol. The Labute approximate surface area is 101 Å². The van der Waals surface area contributed by atoms with E-state index in [2.05, 4.69) is 21.2 Å². The van der Waals surface area contributed by atoms with Crippen molar-refractivity contribution in [2.24, 2.45) is 5.73 Å². The van der Waals surface area contributed by atoms with Crippen LogP contribution in [-0.2, 0) is 4.79 Å². The summed E-state index contributed by atoms with van der Waals surface area (Å²) in [6.07, 6.45) is 2.12. The van der Waals surface area contributed by atoms with Crippen molar-refractivity contribution in [1.82, 2.24) is 5.32 Å². The van der Waals surface area contributed by atoms with Crippen LogP contribution < -0.4 is 11.1 Å². The Hall–Kier alpha value is -0.940. The number of primary amides is 1. The van der Waals surface area contributed by atoms with Crippen molar-refractivity contribution < 1.29 is 9.18 Å². The maximum absolute atomic E-state index is 13.1. The van der Waals surface area contributed by atoms with Gasteiger partial charge in [0.15, 0.2) is 0 Å². The summed E-state index contributed by atoms with van der Waals surface area (Å²) < 4.78 is 13.4. The molecule has 0 spiro atoms. The summed E-state index contributed by atoms with van der Waals surface area (Å²) in [5.41, 5.74) is 6.01. The van der Waals surface area contributed by atoms with E-state index in [9.17, 15) is 9.18 Å². The first-order valence-corrected chi connectivity index (χ1v) is 5.87. The molecule has 0 bridgehead atoms. The lowest BCUT2D eigenvalue weighted by molar-refractivity contribution is -0.120.